The van der Waals surface area contributed by atoms with Crippen LogP contribution in [0.2, 0.25) is 0 Å². The van der Waals surface area contributed by atoms with Crippen LogP contribution in [0.1, 0.15) is 32.8 Å². The lowest BCUT2D eigenvalue weighted by Gasteiger charge is -2.21. The Morgan fingerprint density at radius 3 is 2.50 bits per heavy atom. The van der Waals surface area contributed by atoms with E-state index in [-0.39, 0.29) is 10.8 Å². The quantitative estimate of drug-likeness (QED) is 0.635. The fourth-order valence-electron chi connectivity index (χ4n) is 3.46. The van der Waals surface area contributed by atoms with Gasteiger partial charge in [-0.05, 0) is 36.2 Å². The third kappa shape index (κ3) is 4.60. The molecule has 0 aromatic heterocycles. The van der Waals surface area contributed by atoms with Crippen molar-refractivity contribution >= 4 is 27.3 Å². The van der Waals surface area contributed by atoms with Crippen molar-refractivity contribution in [1.82, 2.24) is 4.31 Å². The molecule has 0 fully saturated rings. The Kier molecular flexibility index (Phi) is 6.99. The van der Waals surface area contributed by atoms with Crippen LogP contribution in [0.3, 0.4) is 0 Å². The summed E-state index contributed by atoms with van der Waals surface area (Å²) in [6.07, 6.45) is 0.731. The zero-order valence-corrected chi connectivity index (χ0v) is 18.5. The fourth-order valence-corrected chi connectivity index (χ4v) is 4.94. The van der Waals surface area contributed by atoms with Gasteiger partial charge in [0.25, 0.3) is 5.91 Å². The smallest absolute Gasteiger partial charge is 0.265 e. The van der Waals surface area contributed by atoms with Crippen molar-refractivity contribution in [3.8, 4) is 5.75 Å². The van der Waals surface area contributed by atoms with Crippen LogP contribution in [0.4, 0.5) is 11.4 Å². The lowest BCUT2D eigenvalue weighted by Crippen LogP contribution is -2.32. The van der Waals surface area contributed by atoms with Gasteiger partial charge < -0.3 is 15.4 Å². The second-order valence-corrected chi connectivity index (χ2v) is 9.07. The van der Waals surface area contributed by atoms with Gasteiger partial charge in [0.05, 0.1) is 16.3 Å². The number of para-hydroxylation sites is 1. The van der Waals surface area contributed by atoms with Crippen molar-refractivity contribution in [2.75, 3.05) is 30.3 Å². The van der Waals surface area contributed by atoms with Gasteiger partial charge in [-0.1, -0.05) is 39.0 Å². The molecule has 2 N–H and O–H groups in total. The summed E-state index contributed by atoms with van der Waals surface area (Å²) in [5, 5.41) is 6.12. The van der Waals surface area contributed by atoms with Crippen molar-refractivity contribution in [2.24, 2.45) is 0 Å². The number of amides is 1. The van der Waals surface area contributed by atoms with E-state index >= 15 is 0 Å². The number of carbonyl (C=O) groups excluding carboxylic acids is 1. The first-order valence-electron chi connectivity index (χ1n) is 10.3. The molecule has 0 saturated carbocycles. The highest BCUT2D eigenvalue weighted by Gasteiger charge is 2.30. The van der Waals surface area contributed by atoms with Gasteiger partial charge >= 0.3 is 0 Å². The molecule has 0 aliphatic carbocycles. The molecular formula is C22H29N3O4S. The van der Waals surface area contributed by atoms with Crippen LogP contribution < -0.4 is 15.4 Å². The monoisotopic (exact) mass is 431 g/mol. The van der Waals surface area contributed by atoms with Gasteiger partial charge in [0.15, 0.2) is 6.10 Å². The summed E-state index contributed by atoms with van der Waals surface area (Å²) < 4.78 is 33.0. The van der Waals surface area contributed by atoms with E-state index in [0.717, 1.165) is 12.0 Å². The normalized spacial score (nSPS) is 15.5. The molecule has 0 radical (unpaired) electrons. The van der Waals surface area contributed by atoms with E-state index in [0.29, 0.717) is 43.2 Å². The van der Waals surface area contributed by atoms with E-state index in [1.54, 1.807) is 26.0 Å². The van der Waals surface area contributed by atoms with Crippen LogP contribution in [0, 0.1) is 0 Å². The van der Waals surface area contributed by atoms with Gasteiger partial charge in [-0.2, -0.15) is 4.31 Å². The SMILES string of the molecule is CCCNc1ccc(S(=O)(=O)N(CC)CC)cc1NC(=O)[C@@H]1Cc2ccccc2O1. The largest absolute Gasteiger partial charge is 0.480 e. The molecule has 0 bridgehead atoms. The highest BCUT2D eigenvalue weighted by atomic mass is 32.2. The third-order valence-corrected chi connectivity index (χ3v) is 7.14. The zero-order chi connectivity index (χ0) is 21.7. The van der Waals surface area contributed by atoms with Crippen molar-refractivity contribution in [1.29, 1.82) is 0 Å². The molecule has 1 aliphatic heterocycles. The number of carbonyl (C=O) groups is 1. The molecule has 0 spiro atoms. The van der Waals surface area contributed by atoms with Crippen LogP contribution in [0.25, 0.3) is 0 Å². The summed E-state index contributed by atoms with van der Waals surface area (Å²) in [5.41, 5.74) is 2.10. The summed E-state index contributed by atoms with van der Waals surface area (Å²) in [6, 6.07) is 12.4. The highest BCUT2D eigenvalue weighted by Crippen LogP contribution is 2.31. The summed E-state index contributed by atoms with van der Waals surface area (Å²) in [4.78, 5) is 13.0. The Labute approximate surface area is 178 Å². The van der Waals surface area contributed by atoms with E-state index < -0.39 is 16.1 Å². The number of sulfonamides is 1. The van der Waals surface area contributed by atoms with Crippen LogP contribution >= 0.6 is 0 Å². The predicted molar refractivity (Wildman–Crippen MR) is 119 cm³/mol. The average molecular weight is 432 g/mol. The summed E-state index contributed by atoms with van der Waals surface area (Å²) in [7, 11) is -3.64. The van der Waals surface area contributed by atoms with Gasteiger partial charge in [0.2, 0.25) is 10.0 Å². The topological polar surface area (TPSA) is 87.7 Å². The Morgan fingerprint density at radius 2 is 1.83 bits per heavy atom. The minimum absolute atomic E-state index is 0.152. The molecule has 8 heteroatoms. The Balaban J connectivity index is 1.87. The van der Waals surface area contributed by atoms with Gasteiger partial charge in [-0.25, -0.2) is 8.42 Å². The summed E-state index contributed by atoms with van der Waals surface area (Å²) in [6.45, 7) is 7.10. The molecule has 1 heterocycles. The number of anilines is 2. The minimum atomic E-state index is -3.64. The molecule has 1 atom stereocenters. The molecular weight excluding hydrogens is 402 g/mol. The molecule has 2 aromatic rings. The van der Waals surface area contributed by atoms with Gasteiger partial charge in [-0.3, -0.25) is 4.79 Å². The maximum atomic E-state index is 12.9. The second kappa shape index (κ2) is 9.49. The molecule has 0 saturated heterocycles. The number of fused-ring (bicyclic) bond motifs is 1. The maximum absolute atomic E-state index is 12.9. The average Bonchev–Trinajstić information content (AvgIpc) is 3.18. The van der Waals surface area contributed by atoms with Crippen molar-refractivity contribution in [2.45, 2.75) is 44.6 Å². The molecule has 30 heavy (non-hydrogen) atoms. The number of ether oxygens (including phenoxy) is 1. The Bertz CT molecular complexity index is 978. The van der Waals surface area contributed by atoms with E-state index in [1.165, 1.54) is 10.4 Å². The van der Waals surface area contributed by atoms with Gasteiger partial charge in [-0.15, -0.1) is 0 Å². The van der Waals surface area contributed by atoms with Crippen LogP contribution in [-0.4, -0.2) is 44.4 Å². The molecule has 1 amide bonds. The van der Waals surface area contributed by atoms with E-state index in [9.17, 15) is 13.2 Å². The first kappa shape index (κ1) is 22.1. The Morgan fingerprint density at radius 1 is 1.10 bits per heavy atom. The molecule has 2 aromatic carbocycles. The fraction of sp³-hybridized carbons (Fsp3) is 0.409. The highest BCUT2D eigenvalue weighted by molar-refractivity contribution is 7.89. The molecule has 7 nitrogen and oxygen atoms in total. The number of nitrogens with zero attached hydrogens (tertiary/aromatic N) is 1. The Hall–Kier alpha value is -2.58. The predicted octanol–water partition coefficient (Wildman–Crippen LogP) is 3.48. The first-order chi connectivity index (χ1) is 14.4. The molecule has 3 rings (SSSR count). The van der Waals surface area contributed by atoms with E-state index in [2.05, 4.69) is 10.6 Å². The first-order valence-corrected chi connectivity index (χ1v) is 11.8. The number of hydrogen-bond acceptors (Lipinski definition) is 5. The number of nitrogens with one attached hydrogen (secondary N) is 2. The van der Waals surface area contributed by atoms with Crippen LogP contribution in [0.15, 0.2) is 47.4 Å². The lowest BCUT2D eigenvalue weighted by molar-refractivity contribution is -0.122. The molecule has 1 aliphatic rings. The van der Waals surface area contributed by atoms with Crippen molar-refractivity contribution in [3.63, 3.8) is 0 Å². The van der Waals surface area contributed by atoms with Gasteiger partial charge in [0.1, 0.15) is 5.75 Å². The van der Waals surface area contributed by atoms with Gasteiger partial charge in [0, 0.05) is 26.1 Å². The van der Waals surface area contributed by atoms with Crippen LogP contribution in [0.5, 0.6) is 5.75 Å². The van der Waals surface area contributed by atoms with Crippen molar-refractivity contribution < 1.29 is 17.9 Å². The standard InChI is InChI=1S/C22H29N3O4S/c1-4-13-23-18-12-11-17(30(27,28)25(5-2)6-3)15-19(18)24-22(26)21-14-16-9-7-8-10-20(16)29-21/h7-12,15,21,23H,4-6,13-14H2,1-3H3,(H,24,26)/t21-/m0/s1. The summed E-state index contributed by atoms with van der Waals surface area (Å²) >= 11 is 0. The second-order valence-electron chi connectivity index (χ2n) is 7.13. The lowest BCUT2D eigenvalue weighted by atomic mass is 10.1. The number of hydrogen-bond donors (Lipinski definition) is 2. The van der Waals surface area contributed by atoms with E-state index in [4.69, 9.17) is 4.74 Å². The van der Waals surface area contributed by atoms with Crippen LogP contribution in [-0.2, 0) is 21.2 Å². The zero-order valence-electron chi connectivity index (χ0n) is 17.6. The van der Waals surface area contributed by atoms with E-state index in [1.807, 2.05) is 31.2 Å². The minimum Gasteiger partial charge on any atom is -0.480 e. The molecule has 162 valence electrons. The number of benzene rings is 2. The maximum Gasteiger partial charge on any atom is 0.265 e. The molecule has 0 unspecified atom stereocenters. The third-order valence-electron chi connectivity index (χ3n) is 5.10. The van der Waals surface area contributed by atoms with Crippen molar-refractivity contribution in [3.05, 3.63) is 48.0 Å². The summed E-state index contributed by atoms with van der Waals surface area (Å²) in [5.74, 6) is 0.406. The number of rotatable bonds is 9.